The van der Waals surface area contributed by atoms with Crippen molar-refractivity contribution in [3.8, 4) is 0 Å². The molecule has 0 heterocycles. The third-order valence-electron chi connectivity index (χ3n) is 3.21. The van der Waals surface area contributed by atoms with Crippen molar-refractivity contribution in [2.75, 3.05) is 6.61 Å². The summed E-state index contributed by atoms with van der Waals surface area (Å²) in [5.41, 5.74) is 1.27. The first-order valence-electron chi connectivity index (χ1n) is 4.64. The number of hydrogen-bond acceptors (Lipinski definition) is 1. The molecule has 0 bridgehead atoms. The van der Waals surface area contributed by atoms with E-state index in [1.54, 1.807) is 0 Å². The summed E-state index contributed by atoms with van der Waals surface area (Å²) in [6, 6.07) is 5.71. The van der Waals surface area contributed by atoms with E-state index < -0.39 is 0 Å². The van der Waals surface area contributed by atoms with Crippen LogP contribution in [0.3, 0.4) is 0 Å². The van der Waals surface area contributed by atoms with Crippen LogP contribution in [0.25, 0.3) is 0 Å². The van der Waals surface area contributed by atoms with Crippen molar-refractivity contribution in [1.82, 2.24) is 0 Å². The average Bonchev–Trinajstić information content (AvgIpc) is 2.83. The highest BCUT2D eigenvalue weighted by Gasteiger charge is 2.50. The lowest BCUT2D eigenvalue weighted by atomic mass is 9.96. The first-order chi connectivity index (χ1) is 6.58. The van der Waals surface area contributed by atoms with Crippen LogP contribution in [0.1, 0.15) is 18.9 Å². The molecule has 0 aromatic heterocycles. The van der Waals surface area contributed by atoms with Gasteiger partial charge >= 0.3 is 0 Å². The van der Waals surface area contributed by atoms with Crippen molar-refractivity contribution in [1.29, 1.82) is 0 Å². The Balaban J connectivity index is 2.31. The van der Waals surface area contributed by atoms with Gasteiger partial charge in [-0.15, -0.1) is 0 Å². The number of rotatable bonds is 2. The summed E-state index contributed by atoms with van der Waals surface area (Å²) < 4.78 is 0. The summed E-state index contributed by atoms with van der Waals surface area (Å²) >= 11 is 11.8. The van der Waals surface area contributed by atoms with E-state index in [9.17, 15) is 0 Å². The van der Waals surface area contributed by atoms with E-state index in [0.717, 1.165) is 6.42 Å². The van der Waals surface area contributed by atoms with E-state index in [0.29, 0.717) is 16.0 Å². The minimum atomic E-state index is 0.100. The Kier molecular flexibility index (Phi) is 2.50. The van der Waals surface area contributed by atoms with Crippen LogP contribution in [0.15, 0.2) is 18.2 Å². The van der Waals surface area contributed by atoms with Crippen LogP contribution in [0.2, 0.25) is 10.0 Å². The predicted molar refractivity (Wildman–Crippen MR) is 59.0 cm³/mol. The van der Waals surface area contributed by atoms with Gasteiger partial charge in [-0.25, -0.2) is 0 Å². The Hall–Kier alpha value is -0.240. The fourth-order valence-corrected chi connectivity index (χ4v) is 2.22. The molecule has 3 heteroatoms. The van der Waals surface area contributed by atoms with E-state index in [4.69, 9.17) is 28.3 Å². The van der Waals surface area contributed by atoms with Crippen LogP contribution < -0.4 is 0 Å². The van der Waals surface area contributed by atoms with E-state index in [2.05, 4.69) is 6.92 Å². The van der Waals surface area contributed by atoms with Gasteiger partial charge in [0.1, 0.15) is 0 Å². The minimum Gasteiger partial charge on any atom is -0.396 e. The maximum atomic E-state index is 9.07. The van der Waals surface area contributed by atoms with Gasteiger partial charge in [0.25, 0.3) is 0 Å². The molecule has 0 spiro atoms. The second-order valence-electron chi connectivity index (χ2n) is 4.13. The van der Waals surface area contributed by atoms with Gasteiger partial charge < -0.3 is 5.11 Å². The van der Waals surface area contributed by atoms with Gasteiger partial charge in [-0.2, -0.15) is 0 Å². The second-order valence-corrected chi connectivity index (χ2v) is 4.94. The molecule has 2 rings (SSSR count). The Morgan fingerprint density at radius 3 is 2.64 bits per heavy atom. The van der Waals surface area contributed by atoms with Gasteiger partial charge in [-0.3, -0.25) is 0 Å². The van der Waals surface area contributed by atoms with Crippen LogP contribution in [0, 0.1) is 5.92 Å². The number of halogens is 2. The third-order valence-corrected chi connectivity index (χ3v) is 3.95. The van der Waals surface area contributed by atoms with Crippen molar-refractivity contribution in [3.05, 3.63) is 33.8 Å². The molecule has 1 fully saturated rings. The molecule has 1 saturated carbocycles. The lowest BCUT2D eigenvalue weighted by molar-refractivity contribution is 0.265. The van der Waals surface area contributed by atoms with Crippen molar-refractivity contribution < 1.29 is 5.11 Å². The molecule has 2 unspecified atom stereocenters. The van der Waals surface area contributed by atoms with Crippen molar-refractivity contribution in [2.24, 2.45) is 5.92 Å². The van der Waals surface area contributed by atoms with Gasteiger partial charge in [0.2, 0.25) is 0 Å². The highest BCUT2D eigenvalue weighted by Crippen LogP contribution is 2.54. The molecule has 0 aliphatic heterocycles. The molecule has 1 aromatic carbocycles. The molecular weight excluding hydrogens is 219 g/mol. The molecular formula is C11H12Cl2O. The molecule has 76 valence electrons. The summed E-state index contributed by atoms with van der Waals surface area (Å²) in [5, 5.41) is 10.2. The zero-order valence-electron chi connectivity index (χ0n) is 7.93. The van der Waals surface area contributed by atoms with E-state index in [-0.39, 0.29) is 12.0 Å². The Morgan fingerprint density at radius 1 is 1.43 bits per heavy atom. The molecule has 0 amide bonds. The predicted octanol–water partition coefficient (Wildman–Crippen LogP) is 3.26. The van der Waals surface area contributed by atoms with Gasteiger partial charge in [0, 0.05) is 6.61 Å². The number of hydrogen-bond donors (Lipinski definition) is 1. The Morgan fingerprint density at radius 2 is 2.14 bits per heavy atom. The fourth-order valence-electron chi connectivity index (χ4n) is 1.92. The largest absolute Gasteiger partial charge is 0.396 e. The summed E-state index contributed by atoms with van der Waals surface area (Å²) in [6.07, 6.45) is 1.03. The fraction of sp³-hybridized carbons (Fsp3) is 0.455. The van der Waals surface area contributed by atoms with Crippen LogP contribution >= 0.6 is 23.2 Å². The topological polar surface area (TPSA) is 20.2 Å². The summed E-state index contributed by atoms with van der Waals surface area (Å²) in [4.78, 5) is 0. The first-order valence-corrected chi connectivity index (χ1v) is 5.40. The molecule has 0 radical (unpaired) electrons. The maximum absolute atomic E-state index is 9.07. The van der Waals surface area contributed by atoms with Crippen LogP contribution in [-0.2, 0) is 5.41 Å². The third kappa shape index (κ3) is 1.54. The SMILES string of the molecule is CC1(c2ccc(Cl)c(Cl)c2)CC1CO. The van der Waals surface area contributed by atoms with Gasteiger partial charge in [-0.1, -0.05) is 36.2 Å². The normalized spacial score (nSPS) is 30.4. The molecule has 1 aromatic rings. The lowest BCUT2D eigenvalue weighted by Crippen LogP contribution is -2.06. The number of aliphatic hydroxyl groups is 1. The second kappa shape index (κ2) is 3.41. The molecule has 2 atom stereocenters. The van der Waals surface area contributed by atoms with Crippen molar-refractivity contribution in [2.45, 2.75) is 18.8 Å². The first kappa shape index (κ1) is 10.3. The standard InChI is InChI=1S/C11H12Cl2O/c1-11(5-8(11)6-14)7-2-3-9(12)10(13)4-7/h2-4,8,14H,5-6H2,1H3. The van der Waals surface area contributed by atoms with Crippen LogP contribution in [0.5, 0.6) is 0 Å². The number of benzene rings is 1. The molecule has 1 N–H and O–H groups in total. The van der Waals surface area contributed by atoms with Crippen LogP contribution in [-0.4, -0.2) is 11.7 Å². The summed E-state index contributed by atoms with van der Waals surface area (Å²) in [7, 11) is 0. The summed E-state index contributed by atoms with van der Waals surface area (Å²) in [5.74, 6) is 0.375. The Labute approximate surface area is 93.7 Å². The van der Waals surface area contributed by atoms with E-state index in [1.807, 2.05) is 18.2 Å². The quantitative estimate of drug-likeness (QED) is 0.828. The van der Waals surface area contributed by atoms with Crippen LogP contribution in [0.4, 0.5) is 0 Å². The van der Waals surface area contributed by atoms with Crippen molar-refractivity contribution in [3.63, 3.8) is 0 Å². The smallest absolute Gasteiger partial charge is 0.0595 e. The van der Waals surface area contributed by atoms with E-state index >= 15 is 0 Å². The van der Waals surface area contributed by atoms with E-state index in [1.165, 1.54) is 5.56 Å². The zero-order chi connectivity index (χ0) is 10.3. The molecule has 0 saturated heterocycles. The lowest BCUT2D eigenvalue weighted by Gasteiger charge is -2.11. The van der Waals surface area contributed by atoms with Gasteiger partial charge in [-0.05, 0) is 35.4 Å². The monoisotopic (exact) mass is 230 g/mol. The van der Waals surface area contributed by atoms with Gasteiger partial charge in [0.15, 0.2) is 0 Å². The number of aliphatic hydroxyl groups excluding tert-OH is 1. The molecule has 1 aliphatic rings. The maximum Gasteiger partial charge on any atom is 0.0595 e. The Bertz CT molecular complexity index is 364. The molecule has 1 nitrogen and oxygen atoms in total. The van der Waals surface area contributed by atoms with Crippen molar-refractivity contribution >= 4 is 23.2 Å². The zero-order valence-corrected chi connectivity index (χ0v) is 9.44. The van der Waals surface area contributed by atoms with Gasteiger partial charge in [0.05, 0.1) is 10.0 Å². The summed E-state index contributed by atoms with van der Waals surface area (Å²) in [6.45, 7) is 2.39. The molecule has 14 heavy (non-hydrogen) atoms. The minimum absolute atomic E-state index is 0.100. The highest BCUT2D eigenvalue weighted by atomic mass is 35.5. The molecule has 1 aliphatic carbocycles. The average molecular weight is 231 g/mol. The highest BCUT2D eigenvalue weighted by molar-refractivity contribution is 6.42.